The lowest BCUT2D eigenvalue weighted by molar-refractivity contribution is -0.138. The van der Waals surface area contributed by atoms with Crippen LogP contribution in [0.4, 0.5) is 5.88 Å². The molecule has 0 radical (unpaired) electrons. The van der Waals surface area contributed by atoms with Gasteiger partial charge in [-0.3, -0.25) is 4.79 Å². The predicted molar refractivity (Wildman–Crippen MR) is 125 cm³/mol. The van der Waals surface area contributed by atoms with Gasteiger partial charge in [0.15, 0.2) is 0 Å². The Kier molecular flexibility index (Phi) is 6.99. The smallest absolute Gasteiger partial charge is 0.232 e. The molecule has 0 N–H and O–H groups in total. The molecule has 0 unspecified atom stereocenters. The summed E-state index contributed by atoms with van der Waals surface area (Å²) in [5.41, 5.74) is 2.99. The minimum absolute atomic E-state index is 0.174. The highest BCUT2D eigenvalue weighted by molar-refractivity contribution is 5.80. The first-order valence-electron chi connectivity index (χ1n) is 12.2. The molecule has 1 saturated heterocycles. The fourth-order valence-corrected chi connectivity index (χ4v) is 4.98. The summed E-state index contributed by atoms with van der Waals surface area (Å²) in [4.78, 5) is 18.0. The molecule has 168 valence electrons. The Morgan fingerprint density at radius 3 is 2.48 bits per heavy atom. The second-order valence-electron chi connectivity index (χ2n) is 9.56. The van der Waals surface area contributed by atoms with Crippen molar-refractivity contribution in [3.05, 3.63) is 35.9 Å². The van der Waals surface area contributed by atoms with E-state index in [0.29, 0.717) is 12.5 Å². The first kappa shape index (κ1) is 21.9. The van der Waals surface area contributed by atoms with E-state index < -0.39 is 0 Å². The molecule has 1 aromatic heterocycles. The Morgan fingerprint density at radius 1 is 1.16 bits per heavy atom. The molecular formula is C26H37N3O2. The SMILES string of the molecule is CC[C@H](C)N(Cc1c(-c2ccccc2)noc1N1CCC(C)CC1)C(=O)C1CCCC1. The van der Waals surface area contributed by atoms with Gasteiger partial charge in [0, 0.05) is 30.6 Å². The largest absolute Gasteiger partial charge is 0.340 e. The molecule has 2 heterocycles. The van der Waals surface area contributed by atoms with Crippen molar-refractivity contribution in [3.63, 3.8) is 0 Å². The van der Waals surface area contributed by atoms with Gasteiger partial charge in [-0.2, -0.15) is 0 Å². The summed E-state index contributed by atoms with van der Waals surface area (Å²) in [6.45, 7) is 9.19. The molecule has 1 aliphatic carbocycles. The number of carbonyl (C=O) groups is 1. The molecule has 1 aliphatic heterocycles. The highest BCUT2D eigenvalue weighted by Gasteiger charge is 2.33. The molecule has 1 atom stereocenters. The number of amides is 1. The van der Waals surface area contributed by atoms with Crippen molar-refractivity contribution in [1.82, 2.24) is 10.1 Å². The Bertz CT molecular complexity index is 849. The van der Waals surface area contributed by atoms with Crippen molar-refractivity contribution in [2.75, 3.05) is 18.0 Å². The third kappa shape index (κ3) is 4.81. The molecule has 5 heteroatoms. The average molecular weight is 424 g/mol. The Morgan fingerprint density at radius 2 is 1.84 bits per heavy atom. The summed E-state index contributed by atoms with van der Waals surface area (Å²) < 4.78 is 5.98. The van der Waals surface area contributed by atoms with Crippen LogP contribution < -0.4 is 4.90 Å². The standard InChI is InChI=1S/C26H37N3O2/c1-4-20(3)29(25(30)22-12-8-9-13-22)18-23-24(21-10-6-5-7-11-21)27-31-26(23)28-16-14-19(2)15-17-28/h5-7,10-11,19-20,22H,4,8-9,12-18H2,1-3H3/t20-/m0/s1. The number of hydrogen-bond acceptors (Lipinski definition) is 4. The number of nitrogens with zero attached hydrogens (tertiary/aromatic N) is 3. The van der Waals surface area contributed by atoms with Crippen LogP contribution in [0.5, 0.6) is 0 Å². The molecule has 31 heavy (non-hydrogen) atoms. The van der Waals surface area contributed by atoms with Crippen LogP contribution in [0.1, 0.15) is 71.3 Å². The zero-order valence-corrected chi connectivity index (χ0v) is 19.3. The van der Waals surface area contributed by atoms with Gasteiger partial charge < -0.3 is 14.3 Å². The normalized spacial score (nSPS) is 19.0. The molecule has 4 rings (SSSR count). The van der Waals surface area contributed by atoms with Gasteiger partial charge in [-0.1, -0.05) is 62.2 Å². The van der Waals surface area contributed by atoms with E-state index in [-0.39, 0.29) is 12.0 Å². The van der Waals surface area contributed by atoms with Crippen molar-refractivity contribution in [2.24, 2.45) is 11.8 Å². The summed E-state index contributed by atoms with van der Waals surface area (Å²) in [7, 11) is 0. The van der Waals surface area contributed by atoms with Crippen LogP contribution in [-0.4, -0.2) is 35.1 Å². The lowest BCUT2D eigenvalue weighted by atomic mass is 9.98. The van der Waals surface area contributed by atoms with E-state index in [9.17, 15) is 4.79 Å². The van der Waals surface area contributed by atoms with Crippen molar-refractivity contribution in [2.45, 2.75) is 78.3 Å². The van der Waals surface area contributed by atoms with E-state index >= 15 is 0 Å². The summed E-state index contributed by atoms with van der Waals surface area (Å²) in [6.07, 6.45) is 7.67. The number of anilines is 1. The highest BCUT2D eigenvalue weighted by atomic mass is 16.5. The Balaban J connectivity index is 1.69. The molecule has 5 nitrogen and oxygen atoms in total. The Labute approximate surface area is 186 Å². The summed E-state index contributed by atoms with van der Waals surface area (Å²) in [6, 6.07) is 10.4. The van der Waals surface area contributed by atoms with Gasteiger partial charge in [0.1, 0.15) is 5.69 Å². The predicted octanol–water partition coefficient (Wildman–Crippen LogP) is 5.90. The quantitative estimate of drug-likeness (QED) is 0.557. The van der Waals surface area contributed by atoms with Gasteiger partial charge in [0.25, 0.3) is 0 Å². The van der Waals surface area contributed by atoms with Crippen LogP contribution in [0, 0.1) is 11.8 Å². The first-order valence-corrected chi connectivity index (χ1v) is 12.2. The minimum atomic E-state index is 0.174. The van der Waals surface area contributed by atoms with Gasteiger partial charge in [-0.05, 0) is 44.9 Å². The van der Waals surface area contributed by atoms with Gasteiger partial charge in [0.05, 0.1) is 12.1 Å². The third-order valence-electron chi connectivity index (χ3n) is 7.32. The number of carbonyl (C=O) groups excluding carboxylic acids is 1. The van der Waals surface area contributed by atoms with Crippen LogP contribution in [0.15, 0.2) is 34.9 Å². The number of benzene rings is 1. The topological polar surface area (TPSA) is 49.6 Å². The molecule has 0 bridgehead atoms. The fraction of sp³-hybridized carbons (Fsp3) is 0.615. The van der Waals surface area contributed by atoms with Crippen molar-refractivity contribution >= 4 is 11.8 Å². The molecule has 2 aromatic rings. The van der Waals surface area contributed by atoms with E-state index in [1.165, 1.54) is 12.8 Å². The van der Waals surface area contributed by atoms with Crippen LogP contribution in [-0.2, 0) is 11.3 Å². The zero-order valence-electron chi connectivity index (χ0n) is 19.3. The van der Waals surface area contributed by atoms with Gasteiger partial charge in [-0.15, -0.1) is 0 Å². The molecule has 0 spiro atoms. The monoisotopic (exact) mass is 423 g/mol. The molecule has 1 aromatic carbocycles. The molecule has 1 saturated carbocycles. The summed E-state index contributed by atoms with van der Waals surface area (Å²) in [5, 5.41) is 4.52. The Hall–Kier alpha value is -2.30. The lowest BCUT2D eigenvalue weighted by Gasteiger charge is -2.33. The second kappa shape index (κ2) is 9.88. The minimum Gasteiger partial charge on any atom is -0.340 e. The van der Waals surface area contributed by atoms with Gasteiger partial charge in [0.2, 0.25) is 11.8 Å². The van der Waals surface area contributed by atoms with Crippen LogP contribution >= 0.6 is 0 Å². The van der Waals surface area contributed by atoms with Crippen molar-refractivity contribution in [1.29, 1.82) is 0 Å². The molecule has 2 fully saturated rings. The van der Waals surface area contributed by atoms with Crippen LogP contribution in [0.3, 0.4) is 0 Å². The molecule has 2 aliphatic rings. The summed E-state index contributed by atoms with van der Waals surface area (Å²) in [5.74, 6) is 2.09. The third-order valence-corrected chi connectivity index (χ3v) is 7.32. The van der Waals surface area contributed by atoms with Crippen molar-refractivity contribution < 1.29 is 9.32 Å². The number of hydrogen-bond donors (Lipinski definition) is 0. The first-order chi connectivity index (χ1) is 15.1. The number of aromatic nitrogens is 1. The van der Waals surface area contributed by atoms with E-state index in [1.54, 1.807) is 0 Å². The van der Waals surface area contributed by atoms with E-state index in [1.807, 2.05) is 18.2 Å². The van der Waals surface area contributed by atoms with E-state index in [0.717, 1.165) is 73.8 Å². The maximum absolute atomic E-state index is 13.5. The van der Waals surface area contributed by atoms with Crippen LogP contribution in [0.2, 0.25) is 0 Å². The number of piperidine rings is 1. The fourth-order valence-electron chi connectivity index (χ4n) is 4.98. The number of rotatable bonds is 7. The van der Waals surface area contributed by atoms with E-state index in [4.69, 9.17) is 4.52 Å². The van der Waals surface area contributed by atoms with Crippen LogP contribution in [0.25, 0.3) is 11.3 Å². The lowest BCUT2D eigenvalue weighted by Crippen LogP contribution is -2.41. The zero-order chi connectivity index (χ0) is 21.8. The molecular weight excluding hydrogens is 386 g/mol. The highest BCUT2D eigenvalue weighted by Crippen LogP contribution is 2.36. The average Bonchev–Trinajstić information content (AvgIpc) is 3.48. The second-order valence-corrected chi connectivity index (χ2v) is 9.56. The summed E-state index contributed by atoms with van der Waals surface area (Å²) >= 11 is 0. The molecule has 1 amide bonds. The van der Waals surface area contributed by atoms with Gasteiger partial charge >= 0.3 is 0 Å². The van der Waals surface area contributed by atoms with Crippen molar-refractivity contribution in [3.8, 4) is 11.3 Å². The maximum Gasteiger partial charge on any atom is 0.232 e. The van der Waals surface area contributed by atoms with E-state index in [2.05, 4.69) is 47.9 Å². The van der Waals surface area contributed by atoms with Gasteiger partial charge in [-0.25, -0.2) is 0 Å². The maximum atomic E-state index is 13.5.